The summed E-state index contributed by atoms with van der Waals surface area (Å²) in [5.41, 5.74) is 6.17. The van der Waals surface area contributed by atoms with Gasteiger partial charge in [-0.2, -0.15) is 0 Å². The van der Waals surface area contributed by atoms with Crippen LogP contribution in [0, 0.1) is 5.41 Å². The van der Waals surface area contributed by atoms with E-state index in [1.807, 2.05) is 0 Å². The summed E-state index contributed by atoms with van der Waals surface area (Å²) < 4.78 is 4.90. The quantitative estimate of drug-likeness (QED) is 0.672. The Labute approximate surface area is 165 Å². The number of hydrogen-bond donors (Lipinski definition) is 2. The van der Waals surface area contributed by atoms with E-state index in [1.165, 1.54) is 17.8 Å². The number of nitrogens with two attached hydrogens (primary N) is 1. The molecule has 1 aromatic heterocycles. The van der Waals surface area contributed by atoms with Crippen molar-refractivity contribution in [1.29, 1.82) is 0 Å². The van der Waals surface area contributed by atoms with Crippen LogP contribution in [0.1, 0.15) is 60.9 Å². The lowest BCUT2D eigenvalue weighted by molar-refractivity contribution is -0.124. The molecule has 0 saturated heterocycles. The van der Waals surface area contributed by atoms with Crippen molar-refractivity contribution in [3.63, 3.8) is 0 Å². The average Bonchev–Trinajstić information content (AvgIpc) is 3.03. The molecule has 3 N–H and O–H groups in total. The maximum absolute atomic E-state index is 12.2. The van der Waals surface area contributed by atoms with Crippen LogP contribution in [-0.2, 0) is 16.1 Å². The highest BCUT2D eigenvalue weighted by molar-refractivity contribution is 7.09. The van der Waals surface area contributed by atoms with E-state index in [0.29, 0.717) is 36.8 Å². The summed E-state index contributed by atoms with van der Waals surface area (Å²) in [6, 6.07) is 0. The average molecular weight is 412 g/mol. The van der Waals surface area contributed by atoms with Gasteiger partial charge in [-0.3, -0.25) is 4.79 Å². The lowest BCUT2D eigenvalue weighted by Crippen LogP contribution is -2.38. The Kier molecular flexibility index (Phi) is 11.3. The van der Waals surface area contributed by atoms with E-state index in [9.17, 15) is 9.59 Å². The second-order valence-electron chi connectivity index (χ2n) is 6.07. The second kappa shape index (κ2) is 11.7. The van der Waals surface area contributed by atoms with Gasteiger partial charge >= 0.3 is 5.97 Å². The van der Waals surface area contributed by atoms with E-state index in [1.54, 1.807) is 12.3 Å². The molecule has 1 aromatic rings. The second-order valence-corrected chi connectivity index (χ2v) is 7.01. The fraction of sp³-hybridized carbons (Fsp3) is 0.688. The van der Waals surface area contributed by atoms with Gasteiger partial charge in [-0.25, -0.2) is 9.78 Å². The number of nitrogens with zero attached hydrogens (tertiary/aromatic N) is 1. The van der Waals surface area contributed by atoms with Crippen molar-refractivity contribution in [2.45, 2.75) is 52.0 Å². The van der Waals surface area contributed by atoms with Crippen molar-refractivity contribution in [3.05, 3.63) is 16.1 Å². The normalized spacial score (nSPS) is 15.4. The van der Waals surface area contributed by atoms with Crippen LogP contribution in [0.4, 0.5) is 0 Å². The Morgan fingerprint density at radius 3 is 2.60 bits per heavy atom. The number of halogens is 2. The summed E-state index contributed by atoms with van der Waals surface area (Å²) in [7, 11) is 0. The molecule has 1 amide bonds. The maximum Gasteiger partial charge on any atom is 0.357 e. The number of aromatic nitrogens is 1. The largest absolute Gasteiger partial charge is 0.461 e. The van der Waals surface area contributed by atoms with E-state index >= 15 is 0 Å². The molecule has 0 spiro atoms. The molecule has 0 aliphatic heterocycles. The van der Waals surface area contributed by atoms with Crippen molar-refractivity contribution >= 4 is 48.0 Å². The van der Waals surface area contributed by atoms with Crippen LogP contribution in [0.25, 0.3) is 0 Å². The predicted octanol–water partition coefficient (Wildman–Crippen LogP) is 3.08. The van der Waals surface area contributed by atoms with E-state index in [4.69, 9.17) is 10.5 Å². The molecule has 6 nitrogen and oxygen atoms in total. The van der Waals surface area contributed by atoms with Crippen LogP contribution in [0.2, 0.25) is 0 Å². The lowest BCUT2D eigenvalue weighted by atomic mass is 9.72. The van der Waals surface area contributed by atoms with Crippen LogP contribution in [0.5, 0.6) is 0 Å². The molecule has 0 aromatic carbocycles. The Morgan fingerprint density at radius 2 is 2.00 bits per heavy atom. The zero-order valence-corrected chi connectivity index (χ0v) is 16.9. The molecule has 144 valence electrons. The fourth-order valence-corrected chi connectivity index (χ4v) is 3.73. The monoisotopic (exact) mass is 411 g/mol. The third kappa shape index (κ3) is 7.09. The molecule has 9 heteroatoms. The Balaban J connectivity index is 0.00000288. The molecule has 1 heterocycles. The smallest absolute Gasteiger partial charge is 0.357 e. The van der Waals surface area contributed by atoms with Crippen LogP contribution in [0.3, 0.4) is 0 Å². The summed E-state index contributed by atoms with van der Waals surface area (Å²) in [6.45, 7) is 2.97. The summed E-state index contributed by atoms with van der Waals surface area (Å²) in [4.78, 5) is 28.0. The zero-order chi connectivity index (χ0) is 16.7. The summed E-state index contributed by atoms with van der Waals surface area (Å²) >= 11 is 1.35. The number of ether oxygens (including phenoxy) is 1. The van der Waals surface area contributed by atoms with Gasteiger partial charge < -0.3 is 15.8 Å². The molecule has 25 heavy (non-hydrogen) atoms. The first-order valence-electron chi connectivity index (χ1n) is 8.17. The third-order valence-electron chi connectivity index (χ3n) is 4.36. The van der Waals surface area contributed by atoms with E-state index < -0.39 is 5.97 Å². The lowest BCUT2D eigenvalue weighted by Gasteiger charge is -2.35. The molecule has 1 fully saturated rings. The van der Waals surface area contributed by atoms with Gasteiger partial charge in [0.1, 0.15) is 5.01 Å². The Bertz CT molecular complexity index is 548. The van der Waals surface area contributed by atoms with Crippen LogP contribution in [0.15, 0.2) is 5.38 Å². The number of amides is 1. The first kappa shape index (κ1) is 24.1. The van der Waals surface area contributed by atoms with Crippen LogP contribution < -0.4 is 11.1 Å². The molecular weight excluding hydrogens is 385 g/mol. The molecular formula is C16H27Cl2N3O3S. The SMILES string of the molecule is CCOC(=O)c1csc(CNC(=O)CC2(CN)CCCCC2)n1.Cl.Cl. The summed E-state index contributed by atoms with van der Waals surface area (Å²) in [6.07, 6.45) is 6.07. The highest BCUT2D eigenvalue weighted by Crippen LogP contribution is 2.38. The van der Waals surface area contributed by atoms with Crippen molar-refractivity contribution in [2.24, 2.45) is 11.1 Å². The standard InChI is InChI=1S/C16H25N3O3S.2ClH/c1-2-22-15(21)12-10-23-14(19-12)9-18-13(20)8-16(11-17)6-4-3-5-7-16;;/h10H,2-9,11,17H2,1H3,(H,18,20);2*1H. The van der Waals surface area contributed by atoms with Crippen molar-refractivity contribution in [2.75, 3.05) is 13.2 Å². The molecule has 1 aliphatic rings. The highest BCUT2D eigenvalue weighted by Gasteiger charge is 2.32. The minimum absolute atomic E-state index is 0. The fourth-order valence-electron chi connectivity index (χ4n) is 3.02. The van der Waals surface area contributed by atoms with E-state index in [-0.39, 0.29) is 36.1 Å². The predicted molar refractivity (Wildman–Crippen MR) is 104 cm³/mol. The Hall–Kier alpha value is -0.890. The van der Waals surface area contributed by atoms with Gasteiger partial charge in [0.25, 0.3) is 0 Å². The van der Waals surface area contributed by atoms with Gasteiger partial charge in [0, 0.05) is 11.8 Å². The van der Waals surface area contributed by atoms with Gasteiger partial charge in [0.2, 0.25) is 5.91 Å². The minimum Gasteiger partial charge on any atom is -0.461 e. The van der Waals surface area contributed by atoms with Gasteiger partial charge in [-0.05, 0) is 31.7 Å². The molecule has 0 bridgehead atoms. The first-order chi connectivity index (χ1) is 11.1. The molecule has 1 aliphatic carbocycles. The van der Waals surface area contributed by atoms with Crippen LogP contribution >= 0.6 is 36.2 Å². The number of esters is 1. The topological polar surface area (TPSA) is 94.3 Å². The number of thiazole rings is 1. The summed E-state index contributed by atoms with van der Waals surface area (Å²) in [5, 5.41) is 5.25. The van der Waals surface area contributed by atoms with Gasteiger partial charge in [0.15, 0.2) is 5.69 Å². The summed E-state index contributed by atoms with van der Waals surface area (Å²) in [5.74, 6) is -0.421. The first-order valence-corrected chi connectivity index (χ1v) is 9.05. The molecule has 0 unspecified atom stereocenters. The van der Waals surface area contributed by atoms with Crippen molar-refractivity contribution in [1.82, 2.24) is 10.3 Å². The number of carbonyl (C=O) groups is 2. The van der Waals surface area contributed by atoms with Gasteiger partial charge in [0.05, 0.1) is 13.2 Å². The van der Waals surface area contributed by atoms with Crippen LogP contribution in [-0.4, -0.2) is 30.0 Å². The zero-order valence-electron chi connectivity index (χ0n) is 14.4. The number of nitrogens with one attached hydrogen (secondary N) is 1. The van der Waals surface area contributed by atoms with E-state index in [2.05, 4.69) is 10.3 Å². The van der Waals surface area contributed by atoms with E-state index in [0.717, 1.165) is 25.7 Å². The number of rotatable bonds is 7. The molecule has 1 saturated carbocycles. The molecule has 2 rings (SSSR count). The van der Waals surface area contributed by atoms with Crippen molar-refractivity contribution in [3.8, 4) is 0 Å². The Morgan fingerprint density at radius 1 is 1.32 bits per heavy atom. The van der Waals surface area contributed by atoms with Gasteiger partial charge in [-0.15, -0.1) is 36.2 Å². The highest BCUT2D eigenvalue weighted by atomic mass is 35.5. The number of hydrogen-bond acceptors (Lipinski definition) is 6. The third-order valence-corrected chi connectivity index (χ3v) is 5.20. The molecule has 0 atom stereocenters. The van der Waals surface area contributed by atoms with Crippen molar-refractivity contribution < 1.29 is 14.3 Å². The number of carbonyl (C=O) groups excluding carboxylic acids is 2. The van der Waals surface area contributed by atoms with Gasteiger partial charge in [-0.1, -0.05) is 19.3 Å². The maximum atomic E-state index is 12.2. The minimum atomic E-state index is -0.425. The molecule has 0 radical (unpaired) electrons.